The Balaban J connectivity index is 1.39. The topological polar surface area (TPSA) is 130 Å². The molecule has 0 amide bonds. The molecule has 210 valence electrons. The molecule has 0 unspecified atom stereocenters. The maximum Gasteiger partial charge on any atom is 0.341 e. The lowest BCUT2D eigenvalue weighted by molar-refractivity contribution is 0.0695. The Morgan fingerprint density at radius 2 is 2.05 bits per heavy atom. The summed E-state index contributed by atoms with van der Waals surface area (Å²) in [6.45, 7) is 4.75. The molecule has 3 aromatic heterocycles. The summed E-state index contributed by atoms with van der Waals surface area (Å²) in [6, 6.07) is 8.90. The SMILES string of the molecule is N#Cc1cc2c(=O)c(C(=O)O)cn(-c3cnn(CCN4CCC4)c3)c2cc1N1CCC[C@@H]1COc1ncccc1Cl. The minimum absolute atomic E-state index is 0.0552. The van der Waals surface area contributed by atoms with Crippen molar-refractivity contribution in [2.24, 2.45) is 0 Å². The molecule has 2 fully saturated rings. The van der Waals surface area contributed by atoms with Gasteiger partial charge in [-0.3, -0.25) is 9.48 Å². The first-order chi connectivity index (χ1) is 19.9. The van der Waals surface area contributed by atoms with E-state index in [2.05, 4.69) is 26.0 Å². The van der Waals surface area contributed by atoms with Crippen LogP contribution in [0.15, 0.2) is 53.8 Å². The molecule has 1 atom stereocenters. The third kappa shape index (κ3) is 5.24. The molecular formula is C29H28ClN7O4. The predicted octanol–water partition coefficient (Wildman–Crippen LogP) is 3.56. The number of hydrogen-bond donors (Lipinski definition) is 1. The second kappa shape index (κ2) is 11.2. The number of anilines is 1. The molecule has 2 aliphatic heterocycles. The summed E-state index contributed by atoms with van der Waals surface area (Å²) >= 11 is 6.22. The van der Waals surface area contributed by atoms with Crippen molar-refractivity contribution in [1.82, 2.24) is 24.2 Å². The van der Waals surface area contributed by atoms with Crippen molar-refractivity contribution in [3.05, 3.63) is 75.4 Å². The maximum atomic E-state index is 13.2. The highest BCUT2D eigenvalue weighted by molar-refractivity contribution is 6.31. The van der Waals surface area contributed by atoms with Crippen LogP contribution in [0.25, 0.3) is 16.6 Å². The van der Waals surface area contributed by atoms with Gasteiger partial charge in [-0.25, -0.2) is 9.78 Å². The van der Waals surface area contributed by atoms with Gasteiger partial charge < -0.3 is 24.2 Å². The van der Waals surface area contributed by atoms with Crippen molar-refractivity contribution in [2.75, 3.05) is 37.7 Å². The maximum absolute atomic E-state index is 13.2. The summed E-state index contributed by atoms with van der Waals surface area (Å²) in [6.07, 6.45) is 9.39. The second-order valence-corrected chi connectivity index (χ2v) is 10.7. The predicted molar refractivity (Wildman–Crippen MR) is 153 cm³/mol. The Morgan fingerprint density at radius 3 is 2.78 bits per heavy atom. The number of benzene rings is 1. The zero-order valence-electron chi connectivity index (χ0n) is 22.2. The molecule has 5 heterocycles. The Hall–Kier alpha value is -4.40. The molecule has 0 radical (unpaired) electrons. The van der Waals surface area contributed by atoms with Crippen LogP contribution < -0.4 is 15.1 Å². The van der Waals surface area contributed by atoms with E-state index in [4.69, 9.17) is 16.3 Å². The third-order valence-electron chi connectivity index (χ3n) is 7.79. The molecule has 12 heteroatoms. The first kappa shape index (κ1) is 26.8. The largest absolute Gasteiger partial charge is 0.477 e. The van der Waals surface area contributed by atoms with Crippen LogP contribution in [0.2, 0.25) is 5.02 Å². The van der Waals surface area contributed by atoms with Gasteiger partial charge in [-0.1, -0.05) is 11.6 Å². The number of aromatic carboxylic acids is 1. The number of carbonyl (C=O) groups is 1. The zero-order chi connectivity index (χ0) is 28.5. The fourth-order valence-electron chi connectivity index (χ4n) is 5.48. The Labute approximate surface area is 240 Å². The molecule has 2 saturated heterocycles. The highest BCUT2D eigenvalue weighted by Crippen LogP contribution is 2.33. The van der Waals surface area contributed by atoms with Crippen LogP contribution in [0.4, 0.5) is 5.69 Å². The van der Waals surface area contributed by atoms with Crippen LogP contribution in [0.1, 0.15) is 35.2 Å². The molecule has 0 spiro atoms. The van der Waals surface area contributed by atoms with Crippen LogP contribution in [-0.4, -0.2) is 74.1 Å². The first-order valence-electron chi connectivity index (χ1n) is 13.5. The number of ether oxygens (including phenoxy) is 1. The Morgan fingerprint density at radius 1 is 1.20 bits per heavy atom. The lowest BCUT2D eigenvalue weighted by Gasteiger charge is -2.30. The van der Waals surface area contributed by atoms with Crippen molar-refractivity contribution in [3.8, 4) is 17.6 Å². The molecule has 6 rings (SSSR count). The molecule has 0 bridgehead atoms. The number of aromatic nitrogens is 4. The monoisotopic (exact) mass is 573 g/mol. The summed E-state index contributed by atoms with van der Waals surface area (Å²) in [5, 5.41) is 24.9. The smallest absolute Gasteiger partial charge is 0.341 e. The van der Waals surface area contributed by atoms with Crippen molar-refractivity contribution < 1.29 is 14.6 Å². The first-order valence-corrected chi connectivity index (χ1v) is 13.9. The van der Waals surface area contributed by atoms with E-state index in [1.165, 1.54) is 18.7 Å². The third-order valence-corrected chi connectivity index (χ3v) is 8.08. The number of nitriles is 1. The molecule has 2 aliphatic rings. The quantitative estimate of drug-likeness (QED) is 0.319. The number of fused-ring (bicyclic) bond motifs is 1. The summed E-state index contributed by atoms with van der Waals surface area (Å²) in [5.41, 5.74) is 1.06. The van der Waals surface area contributed by atoms with Crippen LogP contribution in [0.5, 0.6) is 5.88 Å². The van der Waals surface area contributed by atoms with Gasteiger partial charge in [-0.15, -0.1) is 0 Å². The Bertz CT molecular complexity index is 1720. The van der Waals surface area contributed by atoms with Crippen LogP contribution in [0, 0.1) is 11.3 Å². The van der Waals surface area contributed by atoms with E-state index < -0.39 is 11.4 Å². The molecule has 1 N–H and O–H groups in total. The lowest BCUT2D eigenvalue weighted by atomic mass is 10.0. The van der Waals surface area contributed by atoms with Gasteiger partial charge in [0, 0.05) is 37.1 Å². The summed E-state index contributed by atoms with van der Waals surface area (Å²) < 4.78 is 9.43. The standard InChI is InChI=1S/C29H28ClN7O4/c30-24-5-1-6-32-28(24)41-18-20-4-2-9-36(20)25-13-26-22(12-19(25)14-31)27(38)23(29(39)40)17-37(26)21-15-33-35(16-21)11-10-34-7-3-8-34/h1,5-6,12-13,15-17,20H,2-4,7-11,18H2,(H,39,40)/t20-/m1/s1. The van der Waals surface area contributed by atoms with E-state index in [0.717, 1.165) is 32.5 Å². The molecule has 11 nitrogen and oxygen atoms in total. The van der Waals surface area contributed by atoms with Crippen molar-refractivity contribution in [1.29, 1.82) is 5.26 Å². The van der Waals surface area contributed by atoms with Crippen molar-refractivity contribution in [2.45, 2.75) is 31.8 Å². The average molecular weight is 574 g/mol. The number of nitrogens with zero attached hydrogens (tertiary/aromatic N) is 7. The minimum atomic E-state index is -1.33. The molecular weight excluding hydrogens is 546 g/mol. The van der Waals surface area contributed by atoms with Crippen molar-refractivity contribution in [3.63, 3.8) is 0 Å². The number of hydrogen-bond acceptors (Lipinski definition) is 8. The lowest BCUT2D eigenvalue weighted by Crippen LogP contribution is -2.39. The molecule has 1 aromatic carbocycles. The highest BCUT2D eigenvalue weighted by Gasteiger charge is 2.29. The van der Waals surface area contributed by atoms with Crippen LogP contribution in [-0.2, 0) is 6.54 Å². The van der Waals surface area contributed by atoms with Gasteiger partial charge in [-0.05, 0) is 56.6 Å². The van der Waals surface area contributed by atoms with Gasteiger partial charge >= 0.3 is 5.97 Å². The van der Waals surface area contributed by atoms with Gasteiger partial charge in [0.2, 0.25) is 11.3 Å². The van der Waals surface area contributed by atoms with E-state index in [0.29, 0.717) is 47.5 Å². The van der Waals surface area contributed by atoms with Crippen LogP contribution >= 0.6 is 11.6 Å². The van der Waals surface area contributed by atoms with E-state index in [1.54, 1.807) is 35.2 Å². The van der Waals surface area contributed by atoms with Gasteiger partial charge in [-0.2, -0.15) is 10.4 Å². The number of rotatable bonds is 9. The van der Waals surface area contributed by atoms with Gasteiger partial charge in [0.1, 0.15) is 23.3 Å². The van der Waals surface area contributed by atoms with E-state index in [-0.39, 0.29) is 22.6 Å². The Kier molecular flexibility index (Phi) is 7.34. The number of likely N-dealkylation sites (tertiary alicyclic amines) is 1. The fourth-order valence-corrected chi connectivity index (χ4v) is 5.66. The normalized spacial score (nSPS) is 17.0. The minimum Gasteiger partial charge on any atom is -0.477 e. The summed E-state index contributed by atoms with van der Waals surface area (Å²) in [4.78, 5) is 33.9. The summed E-state index contributed by atoms with van der Waals surface area (Å²) in [5.74, 6) is -0.982. The number of carboxylic acids is 1. The van der Waals surface area contributed by atoms with E-state index >= 15 is 0 Å². The molecule has 41 heavy (non-hydrogen) atoms. The van der Waals surface area contributed by atoms with Gasteiger partial charge in [0.15, 0.2) is 0 Å². The van der Waals surface area contributed by atoms with E-state index in [1.807, 2.05) is 10.9 Å². The number of carboxylic acid groups (broad SMARTS) is 1. The molecule has 0 aliphatic carbocycles. The molecule has 4 aromatic rings. The number of pyridine rings is 2. The van der Waals surface area contributed by atoms with Crippen LogP contribution in [0.3, 0.4) is 0 Å². The fraction of sp³-hybridized carbons (Fsp3) is 0.345. The zero-order valence-corrected chi connectivity index (χ0v) is 23.0. The van der Waals surface area contributed by atoms with Crippen molar-refractivity contribution >= 4 is 34.2 Å². The highest BCUT2D eigenvalue weighted by atomic mass is 35.5. The number of halogens is 1. The van der Waals surface area contributed by atoms with E-state index in [9.17, 15) is 20.0 Å². The van der Waals surface area contributed by atoms with Gasteiger partial charge in [0.05, 0.1) is 41.2 Å². The molecule has 0 saturated carbocycles. The second-order valence-electron chi connectivity index (χ2n) is 10.3. The average Bonchev–Trinajstić information content (AvgIpc) is 3.61. The van der Waals surface area contributed by atoms with Gasteiger partial charge in [0.25, 0.3) is 0 Å². The summed E-state index contributed by atoms with van der Waals surface area (Å²) in [7, 11) is 0.